The number of carbonyl (C=O) groups is 2. The van der Waals surface area contributed by atoms with Gasteiger partial charge >= 0.3 is 5.97 Å². The lowest BCUT2D eigenvalue weighted by atomic mass is 10.1. The van der Waals surface area contributed by atoms with Crippen molar-refractivity contribution in [1.29, 1.82) is 0 Å². The van der Waals surface area contributed by atoms with Crippen LogP contribution in [0.25, 0.3) is 0 Å². The molecule has 29 heavy (non-hydrogen) atoms. The van der Waals surface area contributed by atoms with E-state index in [1.165, 1.54) is 31.5 Å². The molecule has 2 N–H and O–H groups in total. The van der Waals surface area contributed by atoms with Crippen LogP contribution in [-0.2, 0) is 11.2 Å². The van der Waals surface area contributed by atoms with Crippen molar-refractivity contribution in [3.05, 3.63) is 83.4 Å². The molecule has 7 nitrogen and oxygen atoms in total. The predicted molar refractivity (Wildman–Crippen MR) is 106 cm³/mol. The van der Waals surface area contributed by atoms with Crippen molar-refractivity contribution in [1.82, 2.24) is 15.3 Å². The van der Waals surface area contributed by atoms with Crippen molar-refractivity contribution >= 4 is 23.5 Å². The maximum atomic E-state index is 12.9. The van der Waals surface area contributed by atoms with Gasteiger partial charge in [0.15, 0.2) is 0 Å². The number of benzene rings is 2. The lowest BCUT2D eigenvalue weighted by molar-refractivity contribution is 0.0601. The average molecular weight is 394 g/mol. The largest absolute Gasteiger partial charge is 0.465 e. The quantitative estimate of drug-likeness (QED) is 0.598. The Kier molecular flexibility index (Phi) is 6.47. The number of para-hydroxylation sites is 1. The first kappa shape index (κ1) is 19.9. The smallest absolute Gasteiger partial charge is 0.339 e. The Morgan fingerprint density at radius 1 is 1.07 bits per heavy atom. The first-order chi connectivity index (χ1) is 14.1. The molecule has 0 radical (unpaired) electrons. The number of anilines is 2. The summed E-state index contributed by atoms with van der Waals surface area (Å²) < 4.78 is 17.7. The highest BCUT2D eigenvalue weighted by molar-refractivity contribution is 5.96. The summed E-state index contributed by atoms with van der Waals surface area (Å²) in [5, 5.41) is 5.70. The molecular weight excluding hydrogens is 375 g/mol. The van der Waals surface area contributed by atoms with Gasteiger partial charge in [0, 0.05) is 12.7 Å². The van der Waals surface area contributed by atoms with Gasteiger partial charge in [-0.15, -0.1) is 0 Å². The van der Waals surface area contributed by atoms with Gasteiger partial charge in [-0.1, -0.05) is 24.3 Å². The predicted octanol–water partition coefficient (Wildman–Crippen LogP) is 3.12. The Bertz CT molecular complexity index is 1010. The van der Waals surface area contributed by atoms with Gasteiger partial charge in [-0.05, 0) is 42.3 Å². The van der Waals surface area contributed by atoms with E-state index in [2.05, 4.69) is 20.6 Å². The third-order valence-corrected chi connectivity index (χ3v) is 4.08. The molecule has 0 saturated carbocycles. The minimum absolute atomic E-state index is 0.174. The Hall–Kier alpha value is -3.81. The first-order valence-corrected chi connectivity index (χ1v) is 8.87. The summed E-state index contributed by atoms with van der Waals surface area (Å²) in [6.45, 7) is 0.377. The third kappa shape index (κ3) is 5.35. The second-order valence-electron chi connectivity index (χ2n) is 6.06. The van der Waals surface area contributed by atoms with Crippen LogP contribution in [-0.4, -0.2) is 35.5 Å². The highest BCUT2D eigenvalue weighted by atomic mass is 19.1. The number of halogens is 1. The lowest BCUT2D eigenvalue weighted by Crippen LogP contribution is -2.26. The van der Waals surface area contributed by atoms with Gasteiger partial charge in [0.2, 0.25) is 5.95 Å². The Balaban J connectivity index is 1.64. The summed E-state index contributed by atoms with van der Waals surface area (Å²) in [6, 6.07) is 14.4. The molecule has 0 saturated heterocycles. The first-order valence-electron chi connectivity index (χ1n) is 8.87. The second kappa shape index (κ2) is 9.41. The van der Waals surface area contributed by atoms with E-state index >= 15 is 0 Å². The van der Waals surface area contributed by atoms with Crippen molar-refractivity contribution < 1.29 is 18.7 Å². The van der Waals surface area contributed by atoms with Gasteiger partial charge in [0.05, 0.1) is 18.4 Å². The van der Waals surface area contributed by atoms with E-state index in [0.717, 1.165) is 5.56 Å². The van der Waals surface area contributed by atoms with Gasteiger partial charge in [-0.25, -0.2) is 19.2 Å². The minimum Gasteiger partial charge on any atom is -0.465 e. The molecular formula is C21H19FN4O3. The Morgan fingerprint density at radius 3 is 2.59 bits per heavy atom. The van der Waals surface area contributed by atoms with Crippen LogP contribution in [0.1, 0.15) is 26.4 Å². The maximum Gasteiger partial charge on any atom is 0.339 e. The number of ether oxygens (including phenoxy) is 1. The van der Waals surface area contributed by atoms with E-state index in [1.54, 1.807) is 36.4 Å². The molecule has 8 heteroatoms. The summed E-state index contributed by atoms with van der Waals surface area (Å²) in [7, 11) is 1.30. The molecule has 0 aliphatic heterocycles. The molecule has 0 unspecified atom stereocenters. The van der Waals surface area contributed by atoms with Crippen molar-refractivity contribution in [2.75, 3.05) is 19.0 Å². The summed E-state index contributed by atoms with van der Waals surface area (Å²) in [5.74, 6) is -0.985. The zero-order chi connectivity index (χ0) is 20.6. The topological polar surface area (TPSA) is 93.2 Å². The fourth-order valence-corrected chi connectivity index (χ4v) is 2.61. The molecule has 3 aromatic rings. The minimum atomic E-state index is -0.497. The van der Waals surface area contributed by atoms with Crippen LogP contribution in [0.3, 0.4) is 0 Å². The normalized spacial score (nSPS) is 10.3. The van der Waals surface area contributed by atoms with Crippen LogP contribution in [0.2, 0.25) is 0 Å². The van der Waals surface area contributed by atoms with Crippen LogP contribution >= 0.6 is 0 Å². The van der Waals surface area contributed by atoms with Crippen LogP contribution < -0.4 is 10.6 Å². The highest BCUT2D eigenvalue weighted by Crippen LogP contribution is 2.19. The molecule has 148 valence electrons. The molecule has 1 amide bonds. The van der Waals surface area contributed by atoms with Crippen LogP contribution in [0.4, 0.5) is 16.0 Å². The molecule has 0 bridgehead atoms. The molecule has 3 rings (SSSR count). The number of hydrogen-bond acceptors (Lipinski definition) is 6. The number of carbonyl (C=O) groups excluding carboxylic acids is 2. The summed E-state index contributed by atoms with van der Waals surface area (Å²) >= 11 is 0. The van der Waals surface area contributed by atoms with Crippen LogP contribution in [0.15, 0.2) is 60.8 Å². The van der Waals surface area contributed by atoms with Gasteiger partial charge in [0.1, 0.15) is 11.5 Å². The van der Waals surface area contributed by atoms with Gasteiger partial charge < -0.3 is 15.4 Å². The van der Waals surface area contributed by atoms with Crippen molar-refractivity contribution in [3.63, 3.8) is 0 Å². The van der Waals surface area contributed by atoms with E-state index in [1.807, 2.05) is 0 Å². The molecule has 2 aromatic carbocycles. The number of rotatable bonds is 7. The molecule has 1 aromatic heterocycles. The van der Waals surface area contributed by atoms with E-state index in [0.29, 0.717) is 24.2 Å². The number of methoxy groups -OCH3 is 1. The summed E-state index contributed by atoms with van der Waals surface area (Å²) in [6.07, 6.45) is 2.01. The van der Waals surface area contributed by atoms with E-state index in [-0.39, 0.29) is 23.4 Å². The van der Waals surface area contributed by atoms with E-state index < -0.39 is 5.97 Å². The van der Waals surface area contributed by atoms with Crippen LogP contribution in [0, 0.1) is 5.82 Å². The highest BCUT2D eigenvalue weighted by Gasteiger charge is 2.13. The van der Waals surface area contributed by atoms with E-state index in [4.69, 9.17) is 4.74 Å². The second-order valence-corrected chi connectivity index (χ2v) is 6.06. The van der Waals surface area contributed by atoms with Gasteiger partial charge in [-0.2, -0.15) is 0 Å². The number of hydrogen-bond donors (Lipinski definition) is 2. The molecule has 1 heterocycles. The Labute approximate surface area is 167 Å². The zero-order valence-corrected chi connectivity index (χ0v) is 15.7. The number of amides is 1. The van der Waals surface area contributed by atoms with Gasteiger partial charge in [-0.3, -0.25) is 4.79 Å². The fraction of sp³-hybridized carbons (Fsp3) is 0.143. The Morgan fingerprint density at radius 2 is 1.83 bits per heavy atom. The number of nitrogens with one attached hydrogen (secondary N) is 2. The number of esters is 1. The van der Waals surface area contributed by atoms with Gasteiger partial charge in [0.25, 0.3) is 5.91 Å². The van der Waals surface area contributed by atoms with Crippen LogP contribution in [0.5, 0.6) is 0 Å². The lowest BCUT2D eigenvalue weighted by Gasteiger charge is -2.10. The summed E-state index contributed by atoms with van der Waals surface area (Å²) in [5.41, 5.74) is 1.88. The monoisotopic (exact) mass is 394 g/mol. The molecule has 0 spiro atoms. The standard InChI is InChI=1S/C21H19FN4O3/c1-29-20(28)16-4-2-3-5-17(16)25-21-24-13-11-18(26-21)19(27)23-12-10-14-6-8-15(22)9-7-14/h2-9,11,13H,10,12H2,1H3,(H,23,27)(H,24,25,26). The zero-order valence-electron chi connectivity index (χ0n) is 15.7. The maximum absolute atomic E-state index is 12.9. The third-order valence-electron chi connectivity index (χ3n) is 4.08. The molecule has 0 aliphatic rings. The van der Waals surface area contributed by atoms with Crippen molar-refractivity contribution in [2.24, 2.45) is 0 Å². The fourth-order valence-electron chi connectivity index (χ4n) is 2.61. The summed E-state index contributed by atoms with van der Waals surface area (Å²) in [4.78, 5) is 32.5. The van der Waals surface area contributed by atoms with E-state index in [9.17, 15) is 14.0 Å². The molecule has 0 fully saturated rings. The molecule has 0 atom stereocenters. The van der Waals surface area contributed by atoms with Crippen molar-refractivity contribution in [2.45, 2.75) is 6.42 Å². The molecule has 0 aliphatic carbocycles. The average Bonchev–Trinajstić information content (AvgIpc) is 2.75. The SMILES string of the molecule is COC(=O)c1ccccc1Nc1nccc(C(=O)NCCc2ccc(F)cc2)n1. The number of aromatic nitrogens is 2. The van der Waals surface area contributed by atoms with Crippen molar-refractivity contribution in [3.8, 4) is 0 Å². The number of nitrogens with zero attached hydrogens (tertiary/aromatic N) is 2.